The van der Waals surface area contributed by atoms with E-state index >= 15 is 0 Å². The maximum absolute atomic E-state index is 3.33. The number of anilines is 3. The first kappa shape index (κ1) is 23.5. The van der Waals surface area contributed by atoms with Gasteiger partial charge in [0.2, 0.25) is 0 Å². The Labute approximate surface area is 240 Å². The molecule has 0 radical (unpaired) electrons. The van der Waals surface area contributed by atoms with Gasteiger partial charge in [0.05, 0.1) is 0 Å². The van der Waals surface area contributed by atoms with Gasteiger partial charge >= 0.3 is 0 Å². The fourth-order valence-corrected chi connectivity index (χ4v) is 6.38. The van der Waals surface area contributed by atoms with Crippen LogP contribution >= 0.6 is 0 Å². The highest BCUT2D eigenvalue weighted by atomic mass is 15.1. The van der Waals surface area contributed by atoms with E-state index in [1.807, 2.05) is 6.20 Å². The van der Waals surface area contributed by atoms with Crippen molar-refractivity contribution in [2.45, 2.75) is 0 Å². The molecule has 8 rings (SSSR count). The number of hydrogen-bond acceptors (Lipinski definition) is 2. The Bertz CT molecular complexity index is 1950. The van der Waals surface area contributed by atoms with Crippen LogP contribution in [0.15, 0.2) is 152 Å². The predicted molar refractivity (Wildman–Crippen MR) is 174 cm³/mol. The molecule has 2 aliphatic rings. The fourth-order valence-electron chi connectivity index (χ4n) is 6.38. The van der Waals surface area contributed by atoms with Crippen molar-refractivity contribution in [3.05, 3.63) is 157 Å². The molecule has 0 spiro atoms. The van der Waals surface area contributed by atoms with Gasteiger partial charge in [0.1, 0.15) is 0 Å². The Morgan fingerprint density at radius 3 is 1.93 bits per heavy atom. The molecule has 0 atom stereocenters. The highest BCUT2D eigenvalue weighted by Crippen LogP contribution is 2.49. The van der Waals surface area contributed by atoms with E-state index in [0.717, 1.165) is 23.6 Å². The Morgan fingerprint density at radius 2 is 1.15 bits per heavy atom. The van der Waals surface area contributed by atoms with Crippen molar-refractivity contribution in [3.8, 4) is 33.4 Å². The van der Waals surface area contributed by atoms with Crippen molar-refractivity contribution >= 4 is 33.4 Å². The van der Waals surface area contributed by atoms with Crippen LogP contribution in [0.3, 0.4) is 0 Å². The summed E-state index contributed by atoms with van der Waals surface area (Å²) < 4.78 is 0. The summed E-state index contributed by atoms with van der Waals surface area (Å²) in [6.07, 6.45) is 6.25. The summed E-state index contributed by atoms with van der Waals surface area (Å²) in [6.45, 7) is 0.833. The van der Waals surface area contributed by atoms with E-state index in [1.165, 1.54) is 55.3 Å². The number of benzene rings is 6. The molecule has 1 aliphatic heterocycles. The average Bonchev–Trinajstić information content (AvgIpc) is 3.38. The van der Waals surface area contributed by atoms with Gasteiger partial charge in [-0.15, -0.1) is 0 Å². The quantitative estimate of drug-likeness (QED) is 0.241. The molecule has 0 aromatic heterocycles. The van der Waals surface area contributed by atoms with Crippen LogP contribution in [0.1, 0.15) is 5.56 Å². The summed E-state index contributed by atoms with van der Waals surface area (Å²) in [7, 11) is 0. The maximum atomic E-state index is 3.33. The zero-order chi connectivity index (χ0) is 27.2. The highest BCUT2D eigenvalue weighted by molar-refractivity contribution is 6.18. The Morgan fingerprint density at radius 1 is 0.488 bits per heavy atom. The van der Waals surface area contributed by atoms with E-state index in [0.29, 0.717) is 0 Å². The van der Waals surface area contributed by atoms with Crippen molar-refractivity contribution in [2.24, 2.45) is 0 Å². The molecule has 0 saturated carbocycles. The molecule has 0 unspecified atom stereocenters. The first-order chi connectivity index (χ1) is 20.3. The Hall–Kier alpha value is -5.34. The summed E-state index contributed by atoms with van der Waals surface area (Å²) >= 11 is 0. The van der Waals surface area contributed by atoms with Crippen LogP contribution < -0.4 is 10.2 Å². The van der Waals surface area contributed by atoms with Crippen molar-refractivity contribution in [3.63, 3.8) is 0 Å². The van der Waals surface area contributed by atoms with Gasteiger partial charge in [0.15, 0.2) is 0 Å². The van der Waals surface area contributed by atoms with Crippen LogP contribution in [0, 0.1) is 0 Å². The van der Waals surface area contributed by atoms with Gasteiger partial charge in [-0.25, -0.2) is 0 Å². The molecule has 6 aromatic carbocycles. The molecule has 1 heterocycles. The SMILES string of the molecule is C1=CNCC(c2cccc(N(c3ccccc3)c3ccc(-c4ccc5c6c(cccc46)-c4ccccc4-5)cc3)c2)=C1. The molecule has 1 aliphatic carbocycles. The third-order valence-electron chi connectivity index (χ3n) is 8.28. The van der Waals surface area contributed by atoms with Gasteiger partial charge in [0.25, 0.3) is 0 Å². The number of fused-ring (bicyclic) bond motifs is 3. The second-order valence-corrected chi connectivity index (χ2v) is 10.6. The third kappa shape index (κ3) is 3.96. The average molecular weight is 525 g/mol. The van der Waals surface area contributed by atoms with E-state index in [4.69, 9.17) is 0 Å². The molecule has 0 fully saturated rings. The van der Waals surface area contributed by atoms with E-state index in [-0.39, 0.29) is 0 Å². The summed E-state index contributed by atoms with van der Waals surface area (Å²) in [4.78, 5) is 2.34. The van der Waals surface area contributed by atoms with Crippen LogP contribution in [0.5, 0.6) is 0 Å². The van der Waals surface area contributed by atoms with Gasteiger partial charge in [-0.05, 0) is 104 Å². The summed E-state index contributed by atoms with van der Waals surface area (Å²) in [5.41, 5.74) is 13.7. The second-order valence-electron chi connectivity index (χ2n) is 10.6. The zero-order valence-corrected chi connectivity index (χ0v) is 22.6. The molecule has 0 saturated heterocycles. The third-order valence-corrected chi connectivity index (χ3v) is 8.28. The van der Waals surface area contributed by atoms with Gasteiger partial charge in [-0.2, -0.15) is 0 Å². The van der Waals surface area contributed by atoms with Crippen molar-refractivity contribution in [1.29, 1.82) is 0 Å². The number of para-hydroxylation sites is 1. The highest BCUT2D eigenvalue weighted by Gasteiger charge is 2.22. The monoisotopic (exact) mass is 524 g/mol. The molecule has 1 N–H and O–H groups in total. The van der Waals surface area contributed by atoms with Gasteiger partial charge < -0.3 is 10.2 Å². The van der Waals surface area contributed by atoms with Gasteiger partial charge in [-0.3, -0.25) is 0 Å². The fraction of sp³-hybridized carbons (Fsp3) is 0.0256. The van der Waals surface area contributed by atoms with Crippen LogP contribution in [-0.4, -0.2) is 6.54 Å². The van der Waals surface area contributed by atoms with Crippen molar-refractivity contribution < 1.29 is 0 Å². The molecule has 0 bridgehead atoms. The van der Waals surface area contributed by atoms with Crippen molar-refractivity contribution in [1.82, 2.24) is 5.32 Å². The first-order valence-corrected chi connectivity index (χ1v) is 14.2. The molecule has 6 aromatic rings. The molecule has 0 amide bonds. The molecule has 2 heteroatoms. The van der Waals surface area contributed by atoms with Crippen LogP contribution in [-0.2, 0) is 0 Å². The van der Waals surface area contributed by atoms with Crippen LogP contribution in [0.25, 0.3) is 49.7 Å². The molecule has 194 valence electrons. The van der Waals surface area contributed by atoms with E-state index < -0.39 is 0 Å². The standard InChI is InChI=1S/C39H28N2/c1-2-11-30(12-3-1)41(32-13-6-9-28(25-32)29-10-8-24-40-26-29)31-20-18-27(19-21-31)33-22-23-38-35-15-5-4-14-34(35)37-17-7-16-36(33)39(37)38/h1-25,40H,26H2. The number of hydrogen-bond donors (Lipinski definition) is 1. The van der Waals surface area contributed by atoms with E-state index in [2.05, 4.69) is 156 Å². The summed E-state index contributed by atoms with van der Waals surface area (Å²) in [5.74, 6) is 0. The van der Waals surface area contributed by atoms with Gasteiger partial charge in [0, 0.05) is 23.6 Å². The van der Waals surface area contributed by atoms with Crippen LogP contribution in [0.2, 0.25) is 0 Å². The minimum absolute atomic E-state index is 0.833. The predicted octanol–water partition coefficient (Wildman–Crippen LogP) is 10.1. The minimum atomic E-state index is 0.833. The number of nitrogens with one attached hydrogen (secondary N) is 1. The maximum Gasteiger partial charge on any atom is 0.0467 e. The number of nitrogens with zero attached hydrogens (tertiary/aromatic N) is 1. The van der Waals surface area contributed by atoms with Crippen LogP contribution in [0.4, 0.5) is 17.1 Å². The summed E-state index contributed by atoms with van der Waals surface area (Å²) in [6, 6.07) is 48.5. The second kappa shape index (κ2) is 9.69. The minimum Gasteiger partial charge on any atom is -0.387 e. The first-order valence-electron chi connectivity index (χ1n) is 14.2. The number of rotatable bonds is 5. The zero-order valence-electron chi connectivity index (χ0n) is 22.6. The smallest absolute Gasteiger partial charge is 0.0467 e. The lowest BCUT2D eigenvalue weighted by atomic mass is 9.94. The topological polar surface area (TPSA) is 15.3 Å². The molecule has 41 heavy (non-hydrogen) atoms. The lowest BCUT2D eigenvalue weighted by molar-refractivity contribution is 0.986. The molecular weight excluding hydrogens is 496 g/mol. The lowest BCUT2D eigenvalue weighted by Crippen LogP contribution is -2.13. The molecular formula is C39H28N2. The normalized spacial score (nSPS) is 13.0. The Kier molecular flexibility index (Phi) is 5.56. The molecule has 2 nitrogen and oxygen atoms in total. The van der Waals surface area contributed by atoms with Gasteiger partial charge in [-0.1, -0.05) is 103 Å². The number of allylic oxidation sites excluding steroid dienone is 2. The Balaban J connectivity index is 1.22. The van der Waals surface area contributed by atoms with Crippen molar-refractivity contribution in [2.75, 3.05) is 11.4 Å². The summed E-state index contributed by atoms with van der Waals surface area (Å²) in [5, 5.41) is 6.00. The largest absolute Gasteiger partial charge is 0.387 e. The van der Waals surface area contributed by atoms with E-state index in [9.17, 15) is 0 Å². The lowest BCUT2D eigenvalue weighted by Gasteiger charge is -2.26. The number of dihydropyridines is 1. The van der Waals surface area contributed by atoms with E-state index in [1.54, 1.807) is 0 Å².